The van der Waals surface area contributed by atoms with Crippen LogP contribution in [0.5, 0.6) is 0 Å². The van der Waals surface area contributed by atoms with Crippen LogP contribution in [0.2, 0.25) is 0 Å². The Balaban J connectivity index is 0.00000121. The molecule has 0 saturated carbocycles. The Morgan fingerprint density at radius 2 is 1.92 bits per heavy atom. The quantitative estimate of drug-likeness (QED) is 0.537. The smallest absolute Gasteiger partial charge is 0.543 e. The van der Waals surface area contributed by atoms with Gasteiger partial charge in [0.05, 0.1) is 11.7 Å². The molecule has 0 unspecified atom stereocenters. The molecule has 0 atom stereocenters. The number of aromatic amines is 2. The summed E-state index contributed by atoms with van der Waals surface area (Å²) in [7, 11) is 0. The average molecular weight is 288 g/mol. The Kier molecular flexibility index (Phi) is 5.13. The molecule has 12 heavy (non-hydrogen) atoms. The third-order valence-electron chi connectivity index (χ3n) is 0.980. The molecule has 2 N–H and O–H groups in total. The molecular formula is C5H3CsN2O4. The number of aromatic nitrogens is 2. The SMILES string of the molecule is O=C([O-])c1cc(=O)[nH]c(=O)[nH]1.[Cs+]. The molecule has 0 amide bonds. The van der Waals surface area contributed by atoms with Crippen molar-refractivity contribution >= 4 is 5.97 Å². The summed E-state index contributed by atoms with van der Waals surface area (Å²) in [6, 6.07) is 0.733. The molecule has 0 bridgehead atoms. The normalized spacial score (nSPS) is 8.67. The predicted molar refractivity (Wildman–Crippen MR) is 32.0 cm³/mol. The summed E-state index contributed by atoms with van der Waals surface area (Å²) < 4.78 is 0. The first-order chi connectivity index (χ1) is 5.09. The van der Waals surface area contributed by atoms with Gasteiger partial charge >= 0.3 is 74.6 Å². The van der Waals surface area contributed by atoms with Gasteiger partial charge in [-0.1, -0.05) is 0 Å². The van der Waals surface area contributed by atoms with Crippen molar-refractivity contribution in [3.8, 4) is 0 Å². The maximum atomic E-state index is 10.4. The van der Waals surface area contributed by atoms with Crippen molar-refractivity contribution in [2.75, 3.05) is 0 Å². The number of nitrogens with one attached hydrogen (secondary N) is 2. The number of carbonyl (C=O) groups excluding carboxylic acids is 1. The van der Waals surface area contributed by atoms with Crippen LogP contribution in [0.3, 0.4) is 0 Å². The molecule has 0 spiro atoms. The molecule has 0 aliphatic heterocycles. The van der Waals surface area contributed by atoms with Crippen LogP contribution in [0.4, 0.5) is 0 Å². The zero-order valence-corrected chi connectivity index (χ0v) is 12.5. The molecule has 1 heterocycles. The van der Waals surface area contributed by atoms with E-state index in [1.165, 1.54) is 0 Å². The van der Waals surface area contributed by atoms with Gasteiger partial charge in [0.15, 0.2) is 0 Å². The van der Waals surface area contributed by atoms with E-state index in [1.54, 1.807) is 0 Å². The first-order valence-electron chi connectivity index (χ1n) is 2.64. The Labute approximate surface area is 125 Å². The van der Waals surface area contributed by atoms with E-state index >= 15 is 0 Å². The number of hydrogen-bond acceptors (Lipinski definition) is 4. The second kappa shape index (κ2) is 5.05. The van der Waals surface area contributed by atoms with Crippen LogP contribution in [-0.4, -0.2) is 15.9 Å². The summed E-state index contributed by atoms with van der Waals surface area (Å²) in [5.41, 5.74) is -2.16. The summed E-state index contributed by atoms with van der Waals surface area (Å²) >= 11 is 0. The molecule has 0 radical (unpaired) electrons. The zero-order valence-electron chi connectivity index (χ0n) is 6.21. The number of rotatable bonds is 1. The molecule has 6 nitrogen and oxygen atoms in total. The fourth-order valence-corrected chi connectivity index (χ4v) is 0.579. The van der Waals surface area contributed by atoms with E-state index in [4.69, 9.17) is 0 Å². The monoisotopic (exact) mass is 288 g/mol. The summed E-state index contributed by atoms with van der Waals surface area (Å²) in [5, 5.41) is 10.1. The molecule has 1 aromatic rings. The molecule has 0 fully saturated rings. The van der Waals surface area contributed by atoms with Gasteiger partial charge in [-0.3, -0.25) is 9.78 Å². The minimum atomic E-state index is -1.59. The first kappa shape index (κ1) is 12.2. The van der Waals surface area contributed by atoms with Gasteiger partial charge in [-0.15, -0.1) is 0 Å². The van der Waals surface area contributed by atoms with Crippen molar-refractivity contribution in [3.05, 3.63) is 32.6 Å². The van der Waals surface area contributed by atoms with Crippen molar-refractivity contribution in [2.24, 2.45) is 0 Å². The maximum absolute atomic E-state index is 10.4. The Morgan fingerprint density at radius 3 is 2.33 bits per heavy atom. The van der Waals surface area contributed by atoms with E-state index in [9.17, 15) is 19.5 Å². The molecule has 1 aromatic heterocycles. The molecule has 58 valence electrons. The van der Waals surface area contributed by atoms with Gasteiger partial charge in [0.25, 0.3) is 5.56 Å². The third-order valence-corrected chi connectivity index (χ3v) is 0.980. The predicted octanol–water partition coefficient (Wildman–Crippen LogP) is -5.57. The molecule has 0 aliphatic carbocycles. The molecular weight excluding hydrogens is 285 g/mol. The Morgan fingerprint density at radius 1 is 1.33 bits per heavy atom. The summed E-state index contributed by atoms with van der Waals surface area (Å²) in [6.45, 7) is 0. The fraction of sp³-hybridized carbons (Fsp3) is 0. The molecule has 0 aliphatic rings. The number of hydrogen-bond donors (Lipinski definition) is 2. The third kappa shape index (κ3) is 3.29. The first-order valence-corrected chi connectivity index (χ1v) is 2.64. The standard InChI is InChI=1S/C5H4N2O4.Cs/c8-3-1-2(4(9)10)6-5(11)7-3;/h1H,(H,9,10)(H2,6,7,8,11);/q;+1/p-1. The van der Waals surface area contributed by atoms with Crippen molar-refractivity contribution in [1.82, 2.24) is 9.97 Å². The van der Waals surface area contributed by atoms with Crippen LogP contribution in [-0.2, 0) is 0 Å². The number of carboxylic acids is 1. The van der Waals surface area contributed by atoms with Gasteiger partial charge in [-0.25, -0.2) is 4.79 Å². The maximum Gasteiger partial charge on any atom is 1.00 e. The largest absolute Gasteiger partial charge is 1.00 e. The summed E-state index contributed by atoms with van der Waals surface area (Å²) in [6.07, 6.45) is 0. The van der Waals surface area contributed by atoms with Gasteiger partial charge in [-0.05, 0) is 0 Å². The van der Waals surface area contributed by atoms with Crippen molar-refractivity contribution in [2.45, 2.75) is 0 Å². The van der Waals surface area contributed by atoms with Gasteiger partial charge < -0.3 is 14.9 Å². The van der Waals surface area contributed by atoms with E-state index in [0.717, 1.165) is 6.07 Å². The van der Waals surface area contributed by atoms with E-state index in [0.29, 0.717) is 0 Å². The Bertz CT molecular complexity index is 365. The summed E-state index contributed by atoms with van der Waals surface area (Å²) in [5.74, 6) is -1.59. The summed E-state index contributed by atoms with van der Waals surface area (Å²) in [4.78, 5) is 34.6. The second-order valence-corrected chi connectivity index (χ2v) is 1.79. The number of H-pyrrole nitrogens is 2. The number of aromatic carboxylic acids is 1. The second-order valence-electron chi connectivity index (χ2n) is 1.79. The van der Waals surface area contributed by atoms with E-state index in [1.807, 2.05) is 9.97 Å². The topological polar surface area (TPSA) is 106 Å². The van der Waals surface area contributed by atoms with E-state index < -0.39 is 22.9 Å². The van der Waals surface area contributed by atoms with Crippen LogP contribution in [0, 0.1) is 0 Å². The van der Waals surface area contributed by atoms with E-state index in [-0.39, 0.29) is 68.9 Å². The minimum absolute atomic E-state index is 0. The zero-order chi connectivity index (χ0) is 8.43. The molecule has 0 aromatic carbocycles. The van der Waals surface area contributed by atoms with E-state index in [2.05, 4.69) is 0 Å². The van der Waals surface area contributed by atoms with Crippen LogP contribution >= 0.6 is 0 Å². The van der Waals surface area contributed by atoms with Crippen molar-refractivity contribution in [3.63, 3.8) is 0 Å². The molecule has 0 saturated heterocycles. The number of carboxylic acid groups (broad SMARTS) is 1. The van der Waals surface area contributed by atoms with Crippen LogP contribution in [0.1, 0.15) is 10.5 Å². The Hall–Kier alpha value is 0.202. The van der Waals surface area contributed by atoms with Crippen LogP contribution < -0.4 is 85.2 Å². The fourth-order valence-electron chi connectivity index (χ4n) is 0.579. The van der Waals surface area contributed by atoms with Crippen molar-refractivity contribution < 1.29 is 78.8 Å². The van der Waals surface area contributed by atoms with Gasteiger partial charge in [-0.2, -0.15) is 0 Å². The number of carbonyl (C=O) groups is 1. The van der Waals surface area contributed by atoms with Crippen molar-refractivity contribution in [1.29, 1.82) is 0 Å². The average Bonchev–Trinajstić information content (AvgIpc) is 1.85. The van der Waals surface area contributed by atoms with Crippen LogP contribution in [0.25, 0.3) is 0 Å². The molecule has 1 rings (SSSR count). The van der Waals surface area contributed by atoms with Gasteiger partial charge in [0.2, 0.25) is 0 Å². The minimum Gasteiger partial charge on any atom is -0.543 e. The van der Waals surface area contributed by atoms with Gasteiger partial charge in [0, 0.05) is 6.07 Å². The molecule has 7 heteroatoms. The van der Waals surface area contributed by atoms with Crippen LogP contribution in [0.15, 0.2) is 15.7 Å². The van der Waals surface area contributed by atoms with Gasteiger partial charge in [0.1, 0.15) is 0 Å².